The molecular weight excluding hydrogens is 226 g/mol. The minimum Gasteiger partial charge on any atom is -0.376 e. The molecule has 0 fully saturated rings. The molecule has 1 amide bonds. The summed E-state index contributed by atoms with van der Waals surface area (Å²) in [6.07, 6.45) is 4.87. The van der Waals surface area contributed by atoms with Crippen LogP contribution in [0.25, 0.3) is 0 Å². The van der Waals surface area contributed by atoms with Gasteiger partial charge in [-0.1, -0.05) is 20.3 Å². The van der Waals surface area contributed by atoms with Gasteiger partial charge in [0, 0.05) is 25.3 Å². The molecule has 0 heterocycles. The van der Waals surface area contributed by atoms with Gasteiger partial charge >= 0.3 is 0 Å². The van der Waals surface area contributed by atoms with E-state index >= 15 is 0 Å². The Kier molecular flexibility index (Phi) is 8.73. The summed E-state index contributed by atoms with van der Waals surface area (Å²) in [5.41, 5.74) is 0.188. The van der Waals surface area contributed by atoms with Crippen LogP contribution in [0, 0.1) is 11.3 Å². The van der Waals surface area contributed by atoms with Crippen molar-refractivity contribution in [1.82, 2.24) is 10.2 Å². The second-order valence-electron chi connectivity index (χ2n) is 4.67. The fourth-order valence-corrected chi connectivity index (χ4v) is 1.55. The van der Waals surface area contributed by atoms with Crippen molar-refractivity contribution in [1.29, 1.82) is 5.26 Å². The van der Waals surface area contributed by atoms with Crippen LogP contribution in [0.15, 0.2) is 11.8 Å². The Bertz CT molecular complexity index is 315. The first kappa shape index (κ1) is 16.5. The average molecular weight is 251 g/mol. The molecule has 0 saturated carbocycles. The number of hydrogen-bond donors (Lipinski definition) is 1. The zero-order valence-electron chi connectivity index (χ0n) is 12.0. The van der Waals surface area contributed by atoms with Gasteiger partial charge in [-0.2, -0.15) is 5.26 Å². The van der Waals surface area contributed by atoms with Gasteiger partial charge < -0.3 is 10.2 Å². The van der Waals surface area contributed by atoms with Gasteiger partial charge in [0.05, 0.1) is 0 Å². The lowest BCUT2D eigenvalue weighted by molar-refractivity contribution is -0.117. The minimum atomic E-state index is -0.287. The van der Waals surface area contributed by atoms with E-state index < -0.39 is 0 Å². The van der Waals surface area contributed by atoms with Crippen molar-refractivity contribution in [3.63, 3.8) is 0 Å². The highest BCUT2D eigenvalue weighted by molar-refractivity contribution is 5.97. The Hall–Kier alpha value is -1.50. The van der Waals surface area contributed by atoms with Gasteiger partial charge in [-0.05, 0) is 26.7 Å². The first-order chi connectivity index (χ1) is 8.54. The third-order valence-electron chi connectivity index (χ3n) is 2.41. The van der Waals surface area contributed by atoms with E-state index in [1.165, 1.54) is 0 Å². The molecule has 4 heteroatoms. The molecule has 0 radical (unpaired) electrons. The Labute approximate surface area is 111 Å². The molecule has 0 aromatic heterocycles. The maximum Gasteiger partial charge on any atom is 0.263 e. The zero-order valence-corrected chi connectivity index (χ0v) is 12.0. The molecule has 1 N–H and O–H groups in total. The molecule has 0 atom stereocenters. The topological polar surface area (TPSA) is 56.1 Å². The van der Waals surface area contributed by atoms with Crippen LogP contribution in [0.2, 0.25) is 0 Å². The molecule has 102 valence electrons. The Morgan fingerprint density at radius 2 is 2.00 bits per heavy atom. The van der Waals surface area contributed by atoms with E-state index in [2.05, 4.69) is 24.1 Å². The van der Waals surface area contributed by atoms with Crippen molar-refractivity contribution in [2.24, 2.45) is 0 Å². The number of nitrogens with one attached hydrogen (secondary N) is 1. The monoisotopic (exact) mass is 251 g/mol. The Morgan fingerprint density at radius 3 is 2.44 bits per heavy atom. The van der Waals surface area contributed by atoms with E-state index in [1.807, 2.05) is 19.9 Å². The Morgan fingerprint density at radius 1 is 1.33 bits per heavy atom. The molecule has 0 aliphatic carbocycles. The highest BCUT2D eigenvalue weighted by Gasteiger charge is 2.11. The molecule has 0 bridgehead atoms. The summed E-state index contributed by atoms with van der Waals surface area (Å²) in [5, 5.41) is 11.8. The predicted molar refractivity (Wildman–Crippen MR) is 73.7 cm³/mol. The maximum absolute atomic E-state index is 11.8. The number of nitriles is 1. The number of hydrogen-bond acceptors (Lipinski definition) is 3. The van der Waals surface area contributed by atoms with E-state index in [-0.39, 0.29) is 17.5 Å². The quantitative estimate of drug-likeness (QED) is 0.532. The van der Waals surface area contributed by atoms with E-state index in [0.29, 0.717) is 0 Å². The second kappa shape index (κ2) is 9.52. The smallest absolute Gasteiger partial charge is 0.263 e. The number of unbranched alkanes of at least 4 members (excludes halogenated alkanes) is 1. The van der Waals surface area contributed by atoms with E-state index in [9.17, 15) is 4.79 Å². The van der Waals surface area contributed by atoms with Gasteiger partial charge in [-0.15, -0.1) is 0 Å². The number of carbonyl (C=O) groups is 1. The van der Waals surface area contributed by atoms with E-state index in [1.54, 1.807) is 6.20 Å². The van der Waals surface area contributed by atoms with Crippen LogP contribution >= 0.6 is 0 Å². The minimum absolute atomic E-state index is 0.0458. The van der Waals surface area contributed by atoms with Gasteiger partial charge in [0.2, 0.25) is 0 Å². The number of carbonyl (C=O) groups excluding carboxylic acids is 1. The zero-order chi connectivity index (χ0) is 14.0. The molecule has 0 unspecified atom stereocenters. The van der Waals surface area contributed by atoms with Crippen molar-refractivity contribution in [3.05, 3.63) is 11.8 Å². The molecular formula is C14H25N3O. The molecule has 0 aromatic rings. The fraction of sp³-hybridized carbons (Fsp3) is 0.714. The first-order valence-electron chi connectivity index (χ1n) is 6.71. The molecule has 0 rings (SSSR count). The van der Waals surface area contributed by atoms with Crippen molar-refractivity contribution >= 4 is 5.91 Å². The molecule has 0 spiro atoms. The van der Waals surface area contributed by atoms with Crippen molar-refractivity contribution in [3.8, 4) is 6.07 Å². The van der Waals surface area contributed by atoms with Crippen molar-refractivity contribution in [2.45, 2.75) is 53.0 Å². The van der Waals surface area contributed by atoms with Crippen LogP contribution in [0.4, 0.5) is 0 Å². The van der Waals surface area contributed by atoms with Crippen LogP contribution in [-0.2, 0) is 4.79 Å². The summed E-state index contributed by atoms with van der Waals surface area (Å²) in [5.74, 6) is -0.287. The molecule has 18 heavy (non-hydrogen) atoms. The normalized spacial score (nSPS) is 11.2. The highest BCUT2D eigenvalue weighted by atomic mass is 16.1. The number of nitrogens with zero attached hydrogens (tertiary/aromatic N) is 2. The van der Waals surface area contributed by atoms with E-state index in [4.69, 9.17) is 5.26 Å². The number of rotatable bonds is 8. The Balaban J connectivity index is 4.70. The molecule has 0 aromatic carbocycles. The van der Waals surface area contributed by atoms with Crippen LogP contribution in [0.3, 0.4) is 0 Å². The van der Waals surface area contributed by atoms with Gasteiger partial charge in [-0.3, -0.25) is 4.79 Å². The van der Waals surface area contributed by atoms with Crippen LogP contribution in [0.1, 0.15) is 47.0 Å². The lowest BCUT2D eigenvalue weighted by Crippen LogP contribution is -2.32. The summed E-state index contributed by atoms with van der Waals surface area (Å²) in [4.78, 5) is 13.8. The lowest BCUT2D eigenvalue weighted by atomic mass is 10.2. The standard InChI is InChI=1S/C14H25N3O/c1-5-7-9-17(8-6-2)11-13(10-15)14(18)16-12(3)4/h11-12H,5-9H2,1-4H3,(H,16,18)/b13-11-. The van der Waals surface area contributed by atoms with E-state index in [0.717, 1.165) is 32.4 Å². The molecule has 0 aliphatic heterocycles. The second-order valence-corrected chi connectivity index (χ2v) is 4.67. The maximum atomic E-state index is 11.8. The fourth-order valence-electron chi connectivity index (χ4n) is 1.55. The molecule has 0 aliphatic rings. The number of amides is 1. The molecule has 0 saturated heterocycles. The first-order valence-corrected chi connectivity index (χ1v) is 6.71. The SMILES string of the molecule is CCCCN(/C=C(/C#N)C(=O)NC(C)C)CCC. The third kappa shape index (κ3) is 6.95. The summed E-state index contributed by atoms with van der Waals surface area (Å²) in [7, 11) is 0. The van der Waals surface area contributed by atoms with Crippen LogP contribution in [0.5, 0.6) is 0 Å². The summed E-state index contributed by atoms with van der Waals surface area (Å²) < 4.78 is 0. The largest absolute Gasteiger partial charge is 0.376 e. The van der Waals surface area contributed by atoms with Crippen LogP contribution in [-0.4, -0.2) is 29.9 Å². The summed E-state index contributed by atoms with van der Waals surface area (Å²) in [6, 6.07) is 2.03. The van der Waals surface area contributed by atoms with Crippen molar-refractivity contribution < 1.29 is 4.79 Å². The summed E-state index contributed by atoms with van der Waals surface area (Å²) in [6.45, 7) is 9.75. The van der Waals surface area contributed by atoms with Gasteiger partial charge in [-0.25, -0.2) is 0 Å². The lowest BCUT2D eigenvalue weighted by Gasteiger charge is -2.20. The van der Waals surface area contributed by atoms with Gasteiger partial charge in [0.25, 0.3) is 5.91 Å². The predicted octanol–water partition coefficient (Wildman–Crippen LogP) is 2.43. The highest BCUT2D eigenvalue weighted by Crippen LogP contribution is 2.03. The van der Waals surface area contributed by atoms with Crippen LogP contribution < -0.4 is 5.32 Å². The third-order valence-corrected chi connectivity index (χ3v) is 2.41. The van der Waals surface area contributed by atoms with Crippen molar-refractivity contribution in [2.75, 3.05) is 13.1 Å². The molecule has 4 nitrogen and oxygen atoms in total. The average Bonchev–Trinajstić information content (AvgIpc) is 2.31. The van der Waals surface area contributed by atoms with Gasteiger partial charge in [0.1, 0.15) is 11.6 Å². The summed E-state index contributed by atoms with van der Waals surface area (Å²) >= 11 is 0. The van der Waals surface area contributed by atoms with Gasteiger partial charge in [0.15, 0.2) is 0 Å².